The Bertz CT molecular complexity index is 548. The fourth-order valence-electron chi connectivity index (χ4n) is 2.02. The molecule has 5 heteroatoms. The molecule has 1 atom stereocenters. The first-order valence-corrected chi connectivity index (χ1v) is 7.27. The molecule has 1 aliphatic rings. The van der Waals surface area contributed by atoms with Crippen LogP contribution in [-0.4, -0.2) is 19.5 Å². The van der Waals surface area contributed by atoms with Crippen molar-refractivity contribution < 1.29 is 13.2 Å². The molecule has 1 aromatic carbocycles. The lowest BCUT2D eigenvalue weighted by molar-refractivity contribution is -0.117. The van der Waals surface area contributed by atoms with Gasteiger partial charge in [0.1, 0.15) is 5.78 Å². The van der Waals surface area contributed by atoms with Gasteiger partial charge in [-0.1, -0.05) is 15.9 Å². The van der Waals surface area contributed by atoms with Gasteiger partial charge in [-0.2, -0.15) is 0 Å². The molecule has 0 aromatic heterocycles. The predicted octanol–water partition coefficient (Wildman–Crippen LogP) is 2.13. The Balaban J connectivity index is 2.45. The molecule has 0 fully saturated rings. The summed E-state index contributed by atoms with van der Waals surface area (Å²) in [6.07, 6.45) is 0.547. The first-order chi connectivity index (χ1) is 7.41. The topological polar surface area (TPSA) is 51.2 Å². The van der Waals surface area contributed by atoms with Gasteiger partial charge in [-0.3, -0.25) is 4.79 Å². The van der Waals surface area contributed by atoms with Crippen molar-refractivity contribution in [2.45, 2.75) is 29.9 Å². The second-order valence-corrected chi connectivity index (χ2v) is 7.14. The van der Waals surface area contributed by atoms with Crippen LogP contribution in [0.25, 0.3) is 0 Å². The average Bonchev–Trinajstić information content (AvgIpc) is 2.37. The molecule has 2 rings (SSSR count). The number of hydrogen-bond donors (Lipinski definition) is 0. The van der Waals surface area contributed by atoms with Gasteiger partial charge < -0.3 is 0 Å². The molecule has 86 valence electrons. The van der Waals surface area contributed by atoms with E-state index in [1.165, 1.54) is 6.92 Å². The number of ketones is 1. The smallest absolute Gasteiger partial charge is 0.182 e. The SMILES string of the molecule is CC(=O)CC1Cc2cc(Br)ccc2S1(=O)=O. The number of Topliss-reactive ketones (excluding diaryl/α,β-unsaturated/α-hetero) is 1. The summed E-state index contributed by atoms with van der Waals surface area (Å²) in [5.74, 6) is -0.0829. The van der Waals surface area contributed by atoms with E-state index in [1.54, 1.807) is 12.1 Å². The maximum Gasteiger partial charge on any atom is 0.182 e. The van der Waals surface area contributed by atoms with Gasteiger partial charge in [0.2, 0.25) is 0 Å². The van der Waals surface area contributed by atoms with Crippen LogP contribution in [0.2, 0.25) is 0 Å². The van der Waals surface area contributed by atoms with Crippen LogP contribution in [0.5, 0.6) is 0 Å². The quantitative estimate of drug-likeness (QED) is 0.841. The molecule has 0 saturated heterocycles. The second-order valence-electron chi connectivity index (χ2n) is 4.03. The number of hydrogen-bond acceptors (Lipinski definition) is 3. The third kappa shape index (κ3) is 1.94. The summed E-state index contributed by atoms with van der Waals surface area (Å²) in [6, 6.07) is 5.13. The Morgan fingerprint density at radius 2 is 2.19 bits per heavy atom. The third-order valence-corrected chi connectivity index (χ3v) is 5.45. The van der Waals surface area contributed by atoms with Gasteiger partial charge in [0.15, 0.2) is 9.84 Å². The third-order valence-electron chi connectivity index (χ3n) is 2.73. The highest BCUT2D eigenvalue weighted by molar-refractivity contribution is 9.10. The van der Waals surface area contributed by atoms with Gasteiger partial charge in [0.05, 0.1) is 10.1 Å². The molecule has 1 aliphatic heterocycles. The zero-order chi connectivity index (χ0) is 11.9. The van der Waals surface area contributed by atoms with E-state index in [1.807, 2.05) is 6.07 Å². The van der Waals surface area contributed by atoms with E-state index in [4.69, 9.17) is 0 Å². The van der Waals surface area contributed by atoms with E-state index >= 15 is 0 Å². The number of sulfone groups is 1. The van der Waals surface area contributed by atoms with Crippen LogP contribution in [0, 0.1) is 0 Å². The van der Waals surface area contributed by atoms with E-state index < -0.39 is 15.1 Å². The van der Waals surface area contributed by atoms with Crippen molar-refractivity contribution in [2.24, 2.45) is 0 Å². The Morgan fingerprint density at radius 3 is 2.81 bits per heavy atom. The summed E-state index contributed by atoms with van der Waals surface area (Å²) in [5, 5.41) is -0.575. The molecule has 0 bridgehead atoms. The summed E-state index contributed by atoms with van der Waals surface area (Å²) >= 11 is 3.31. The molecular formula is C11H11BrO3S. The lowest BCUT2D eigenvalue weighted by atomic mass is 10.1. The van der Waals surface area contributed by atoms with Crippen molar-refractivity contribution in [3.8, 4) is 0 Å². The zero-order valence-electron chi connectivity index (χ0n) is 8.73. The maximum absolute atomic E-state index is 12.1. The predicted molar refractivity (Wildman–Crippen MR) is 64.1 cm³/mol. The minimum absolute atomic E-state index is 0.0829. The number of carbonyl (C=O) groups is 1. The number of carbonyl (C=O) groups excluding carboxylic acids is 1. The van der Waals surface area contributed by atoms with Crippen LogP contribution < -0.4 is 0 Å². The molecular weight excluding hydrogens is 292 g/mol. The second kappa shape index (κ2) is 3.96. The number of rotatable bonds is 2. The number of halogens is 1. The van der Waals surface area contributed by atoms with Crippen molar-refractivity contribution >= 4 is 31.6 Å². The molecule has 1 heterocycles. The van der Waals surface area contributed by atoms with Gasteiger partial charge >= 0.3 is 0 Å². The largest absolute Gasteiger partial charge is 0.300 e. The lowest BCUT2D eigenvalue weighted by Crippen LogP contribution is -2.19. The summed E-state index contributed by atoms with van der Waals surface area (Å²) in [5.41, 5.74) is 0.806. The Kier molecular flexibility index (Phi) is 2.92. The van der Waals surface area contributed by atoms with Crippen LogP contribution in [0.4, 0.5) is 0 Å². The van der Waals surface area contributed by atoms with E-state index in [0.29, 0.717) is 11.3 Å². The van der Waals surface area contributed by atoms with Crippen molar-refractivity contribution in [1.82, 2.24) is 0 Å². The standard InChI is InChI=1S/C11H11BrO3S/c1-7(13)4-10-6-8-5-9(12)2-3-11(8)16(10,14)15/h2-3,5,10H,4,6H2,1H3. The normalized spacial score (nSPS) is 21.8. The molecule has 0 spiro atoms. The van der Waals surface area contributed by atoms with Gasteiger partial charge in [-0.05, 0) is 37.1 Å². The van der Waals surface area contributed by atoms with E-state index in [9.17, 15) is 13.2 Å². The maximum atomic E-state index is 12.1. The molecule has 0 amide bonds. The molecule has 0 N–H and O–H groups in total. The fourth-order valence-corrected chi connectivity index (χ4v) is 4.41. The summed E-state index contributed by atoms with van der Waals surface area (Å²) in [4.78, 5) is 11.4. The Morgan fingerprint density at radius 1 is 1.50 bits per heavy atom. The van der Waals surface area contributed by atoms with Crippen LogP contribution in [0.1, 0.15) is 18.9 Å². The van der Waals surface area contributed by atoms with Gasteiger partial charge in [-0.15, -0.1) is 0 Å². The fraction of sp³-hybridized carbons (Fsp3) is 0.364. The van der Waals surface area contributed by atoms with Crippen molar-refractivity contribution in [2.75, 3.05) is 0 Å². The molecule has 1 aromatic rings. The lowest BCUT2D eigenvalue weighted by Gasteiger charge is -2.05. The van der Waals surface area contributed by atoms with Crippen LogP contribution >= 0.6 is 15.9 Å². The summed E-state index contributed by atoms with van der Waals surface area (Å²) in [6.45, 7) is 1.43. The van der Waals surface area contributed by atoms with Gasteiger partial charge in [-0.25, -0.2) is 8.42 Å². The van der Waals surface area contributed by atoms with E-state index in [-0.39, 0.29) is 12.2 Å². The highest BCUT2D eigenvalue weighted by atomic mass is 79.9. The Hall–Kier alpha value is -0.680. The monoisotopic (exact) mass is 302 g/mol. The molecule has 0 saturated carbocycles. The number of benzene rings is 1. The first kappa shape index (κ1) is 11.8. The van der Waals surface area contributed by atoms with E-state index in [0.717, 1.165) is 10.0 Å². The zero-order valence-corrected chi connectivity index (χ0v) is 11.1. The first-order valence-electron chi connectivity index (χ1n) is 4.93. The van der Waals surface area contributed by atoms with Crippen molar-refractivity contribution in [1.29, 1.82) is 0 Å². The molecule has 3 nitrogen and oxygen atoms in total. The summed E-state index contributed by atoms with van der Waals surface area (Å²) in [7, 11) is -3.30. The highest BCUT2D eigenvalue weighted by Crippen LogP contribution is 2.34. The number of fused-ring (bicyclic) bond motifs is 1. The average molecular weight is 303 g/mol. The van der Waals surface area contributed by atoms with Crippen LogP contribution in [0.3, 0.4) is 0 Å². The Labute approximate surface area is 103 Å². The summed E-state index contributed by atoms with van der Waals surface area (Å²) < 4.78 is 25.0. The van der Waals surface area contributed by atoms with Gasteiger partial charge in [0.25, 0.3) is 0 Å². The molecule has 1 unspecified atom stereocenters. The highest BCUT2D eigenvalue weighted by Gasteiger charge is 2.37. The molecule has 0 aliphatic carbocycles. The van der Waals surface area contributed by atoms with Gasteiger partial charge in [0, 0.05) is 10.9 Å². The van der Waals surface area contributed by atoms with Crippen LogP contribution in [-0.2, 0) is 21.1 Å². The minimum Gasteiger partial charge on any atom is -0.300 e. The van der Waals surface area contributed by atoms with Crippen LogP contribution in [0.15, 0.2) is 27.6 Å². The van der Waals surface area contributed by atoms with E-state index in [2.05, 4.69) is 15.9 Å². The molecule has 0 radical (unpaired) electrons. The van der Waals surface area contributed by atoms with Crippen molar-refractivity contribution in [3.63, 3.8) is 0 Å². The van der Waals surface area contributed by atoms with Crippen molar-refractivity contribution in [3.05, 3.63) is 28.2 Å². The molecule has 16 heavy (non-hydrogen) atoms. The minimum atomic E-state index is -3.30.